The number of carbonyl (C=O) groups is 1. The Balaban J connectivity index is 1.99. The number of carboxylic acid groups (broad SMARTS) is 1. The topological polar surface area (TPSA) is 52.6 Å². The van der Waals surface area contributed by atoms with Crippen molar-refractivity contribution in [3.63, 3.8) is 0 Å². The zero-order chi connectivity index (χ0) is 13.9. The molecule has 1 aliphatic heterocycles. The van der Waals surface area contributed by atoms with Gasteiger partial charge in [-0.2, -0.15) is 0 Å². The van der Waals surface area contributed by atoms with Crippen LogP contribution in [0, 0.1) is 0 Å². The standard InChI is InChI=1S/C16H18N2O2/c19-16(20)14-8-9-15(13-7-3-2-6-12(13)14)17-18-10-4-1-5-11-18/h2-3,6-9,17H,1,4-5,10-11H2,(H,19,20). The summed E-state index contributed by atoms with van der Waals surface area (Å²) in [5.74, 6) is -0.884. The third kappa shape index (κ3) is 2.47. The molecular weight excluding hydrogens is 252 g/mol. The van der Waals surface area contributed by atoms with Crippen molar-refractivity contribution in [2.24, 2.45) is 0 Å². The summed E-state index contributed by atoms with van der Waals surface area (Å²) in [7, 11) is 0. The molecule has 2 N–H and O–H groups in total. The van der Waals surface area contributed by atoms with Crippen molar-refractivity contribution in [1.82, 2.24) is 5.01 Å². The van der Waals surface area contributed by atoms with Crippen LogP contribution in [0.4, 0.5) is 5.69 Å². The van der Waals surface area contributed by atoms with E-state index in [9.17, 15) is 9.90 Å². The maximum atomic E-state index is 11.3. The summed E-state index contributed by atoms with van der Waals surface area (Å²) in [5.41, 5.74) is 4.76. The first-order chi connectivity index (χ1) is 9.75. The molecule has 20 heavy (non-hydrogen) atoms. The van der Waals surface area contributed by atoms with Crippen LogP contribution in [0.25, 0.3) is 10.8 Å². The minimum absolute atomic E-state index is 0.352. The summed E-state index contributed by atoms with van der Waals surface area (Å²) < 4.78 is 0. The Labute approximate surface area is 118 Å². The molecule has 2 aromatic carbocycles. The number of fused-ring (bicyclic) bond motifs is 1. The van der Waals surface area contributed by atoms with Crippen LogP contribution in [0.5, 0.6) is 0 Å². The number of anilines is 1. The Hall–Kier alpha value is -2.07. The molecule has 0 amide bonds. The van der Waals surface area contributed by atoms with Crippen molar-refractivity contribution in [3.8, 4) is 0 Å². The third-order valence-corrected chi connectivity index (χ3v) is 3.79. The minimum atomic E-state index is -0.884. The molecule has 2 aromatic rings. The van der Waals surface area contributed by atoms with Gasteiger partial charge in [-0.05, 0) is 30.4 Å². The summed E-state index contributed by atoms with van der Waals surface area (Å²) in [5, 5.41) is 13.2. The van der Waals surface area contributed by atoms with Gasteiger partial charge in [0.25, 0.3) is 0 Å². The molecule has 1 heterocycles. The zero-order valence-corrected chi connectivity index (χ0v) is 11.3. The molecule has 0 radical (unpaired) electrons. The van der Waals surface area contributed by atoms with E-state index in [1.165, 1.54) is 19.3 Å². The molecule has 0 bridgehead atoms. The fraction of sp³-hybridized carbons (Fsp3) is 0.312. The first-order valence-corrected chi connectivity index (χ1v) is 7.02. The highest BCUT2D eigenvalue weighted by Gasteiger charge is 2.14. The minimum Gasteiger partial charge on any atom is -0.478 e. The second-order valence-electron chi connectivity index (χ2n) is 5.17. The number of hydrogen-bond donors (Lipinski definition) is 2. The van der Waals surface area contributed by atoms with E-state index in [0.29, 0.717) is 5.56 Å². The van der Waals surface area contributed by atoms with Crippen molar-refractivity contribution in [1.29, 1.82) is 0 Å². The van der Waals surface area contributed by atoms with E-state index < -0.39 is 5.97 Å². The van der Waals surface area contributed by atoms with Crippen molar-refractivity contribution in [2.75, 3.05) is 18.5 Å². The second kappa shape index (κ2) is 5.51. The van der Waals surface area contributed by atoms with E-state index >= 15 is 0 Å². The van der Waals surface area contributed by atoms with Gasteiger partial charge in [-0.25, -0.2) is 9.80 Å². The first kappa shape index (κ1) is 12.9. The molecule has 1 saturated heterocycles. The zero-order valence-electron chi connectivity index (χ0n) is 11.3. The monoisotopic (exact) mass is 270 g/mol. The fourth-order valence-electron chi connectivity index (χ4n) is 2.76. The average molecular weight is 270 g/mol. The Morgan fingerprint density at radius 2 is 1.70 bits per heavy atom. The average Bonchev–Trinajstić information content (AvgIpc) is 2.48. The quantitative estimate of drug-likeness (QED) is 0.898. The van der Waals surface area contributed by atoms with Gasteiger partial charge in [0.05, 0.1) is 11.3 Å². The lowest BCUT2D eigenvalue weighted by Crippen LogP contribution is -2.34. The Morgan fingerprint density at radius 3 is 2.40 bits per heavy atom. The van der Waals surface area contributed by atoms with Crippen molar-refractivity contribution in [3.05, 3.63) is 42.0 Å². The van der Waals surface area contributed by atoms with Crippen LogP contribution in [0.15, 0.2) is 36.4 Å². The number of nitrogens with one attached hydrogen (secondary N) is 1. The SMILES string of the molecule is O=C(O)c1ccc(NN2CCCCC2)c2ccccc12. The van der Waals surface area contributed by atoms with Crippen molar-refractivity contribution < 1.29 is 9.90 Å². The number of benzene rings is 2. The molecule has 1 aliphatic rings. The van der Waals surface area contributed by atoms with E-state index in [2.05, 4.69) is 10.4 Å². The highest BCUT2D eigenvalue weighted by molar-refractivity contribution is 6.07. The van der Waals surface area contributed by atoms with Crippen LogP contribution >= 0.6 is 0 Å². The van der Waals surface area contributed by atoms with Crippen LogP contribution < -0.4 is 5.43 Å². The van der Waals surface area contributed by atoms with E-state index in [1.807, 2.05) is 30.3 Å². The third-order valence-electron chi connectivity index (χ3n) is 3.79. The van der Waals surface area contributed by atoms with Gasteiger partial charge in [0.1, 0.15) is 0 Å². The second-order valence-corrected chi connectivity index (χ2v) is 5.17. The number of hydrogen-bond acceptors (Lipinski definition) is 3. The van der Waals surface area contributed by atoms with Gasteiger partial charge in [-0.3, -0.25) is 0 Å². The molecule has 0 atom stereocenters. The van der Waals surface area contributed by atoms with Gasteiger partial charge >= 0.3 is 5.97 Å². The van der Waals surface area contributed by atoms with Crippen molar-refractivity contribution >= 4 is 22.4 Å². The molecule has 0 aromatic heterocycles. The van der Waals surface area contributed by atoms with E-state index in [-0.39, 0.29) is 0 Å². The summed E-state index contributed by atoms with van der Waals surface area (Å²) >= 11 is 0. The maximum absolute atomic E-state index is 11.3. The molecule has 4 heteroatoms. The van der Waals surface area contributed by atoms with Gasteiger partial charge in [0.2, 0.25) is 0 Å². The van der Waals surface area contributed by atoms with Crippen LogP contribution in [0.3, 0.4) is 0 Å². The molecule has 0 spiro atoms. The number of aromatic carboxylic acids is 1. The van der Waals surface area contributed by atoms with E-state index in [0.717, 1.165) is 29.5 Å². The van der Waals surface area contributed by atoms with Crippen LogP contribution in [0.1, 0.15) is 29.6 Å². The fourth-order valence-corrected chi connectivity index (χ4v) is 2.76. The molecule has 104 valence electrons. The van der Waals surface area contributed by atoms with Crippen molar-refractivity contribution in [2.45, 2.75) is 19.3 Å². The Kier molecular flexibility index (Phi) is 3.56. The highest BCUT2D eigenvalue weighted by atomic mass is 16.4. The van der Waals surface area contributed by atoms with Gasteiger partial charge in [-0.15, -0.1) is 0 Å². The Bertz CT molecular complexity index is 633. The molecule has 0 saturated carbocycles. The van der Waals surface area contributed by atoms with Crippen LogP contribution in [-0.2, 0) is 0 Å². The predicted molar refractivity (Wildman–Crippen MR) is 80.0 cm³/mol. The number of rotatable bonds is 3. The number of hydrazine groups is 1. The van der Waals surface area contributed by atoms with E-state index in [1.54, 1.807) is 6.07 Å². The predicted octanol–water partition coefficient (Wildman–Crippen LogP) is 3.35. The highest BCUT2D eigenvalue weighted by Crippen LogP contribution is 2.27. The number of carboxylic acids is 1. The normalized spacial score (nSPS) is 16.2. The van der Waals surface area contributed by atoms with Crippen LogP contribution in [0.2, 0.25) is 0 Å². The lowest BCUT2D eigenvalue weighted by atomic mass is 10.0. The van der Waals surface area contributed by atoms with Crippen LogP contribution in [-0.4, -0.2) is 29.2 Å². The van der Waals surface area contributed by atoms with E-state index in [4.69, 9.17) is 0 Å². The summed E-state index contributed by atoms with van der Waals surface area (Å²) in [6.07, 6.45) is 3.70. The molecule has 3 rings (SSSR count). The number of piperidine rings is 1. The summed E-state index contributed by atoms with van der Waals surface area (Å²) in [4.78, 5) is 11.3. The molecule has 0 aliphatic carbocycles. The lowest BCUT2D eigenvalue weighted by molar-refractivity contribution is 0.0699. The maximum Gasteiger partial charge on any atom is 0.336 e. The largest absolute Gasteiger partial charge is 0.478 e. The smallest absolute Gasteiger partial charge is 0.336 e. The molecular formula is C16H18N2O2. The number of nitrogens with zero attached hydrogens (tertiary/aromatic N) is 1. The molecule has 0 unspecified atom stereocenters. The Morgan fingerprint density at radius 1 is 1.00 bits per heavy atom. The summed E-state index contributed by atoms with van der Waals surface area (Å²) in [6, 6.07) is 11.2. The summed E-state index contributed by atoms with van der Waals surface area (Å²) in [6.45, 7) is 2.07. The molecule has 4 nitrogen and oxygen atoms in total. The molecule has 1 fully saturated rings. The van der Waals surface area contributed by atoms with Gasteiger partial charge in [-0.1, -0.05) is 30.7 Å². The first-order valence-electron chi connectivity index (χ1n) is 7.02. The van der Waals surface area contributed by atoms with Gasteiger partial charge < -0.3 is 10.5 Å². The van der Waals surface area contributed by atoms with Gasteiger partial charge in [0, 0.05) is 18.5 Å². The van der Waals surface area contributed by atoms with Gasteiger partial charge in [0.15, 0.2) is 0 Å². The lowest BCUT2D eigenvalue weighted by Gasteiger charge is -2.28.